The zero-order chi connectivity index (χ0) is 16.4. The SMILES string of the molecule is O=C(Nc1ccnn1Cc1ccco1)C1COc2ccccc2O1. The zero-order valence-electron chi connectivity index (χ0n) is 12.7. The Balaban J connectivity index is 1.45. The lowest BCUT2D eigenvalue weighted by atomic mass is 10.2. The van der Waals surface area contributed by atoms with E-state index in [9.17, 15) is 4.79 Å². The molecule has 4 rings (SSSR count). The first kappa shape index (κ1) is 14.4. The number of carbonyl (C=O) groups excluding carboxylic acids is 1. The fourth-order valence-corrected chi connectivity index (χ4v) is 2.47. The minimum Gasteiger partial charge on any atom is -0.485 e. The number of aromatic nitrogens is 2. The van der Waals surface area contributed by atoms with Gasteiger partial charge < -0.3 is 19.2 Å². The van der Waals surface area contributed by atoms with E-state index in [1.54, 1.807) is 29.3 Å². The van der Waals surface area contributed by atoms with E-state index in [1.165, 1.54) is 0 Å². The van der Waals surface area contributed by atoms with Crippen LogP contribution >= 0.6 is 0 Å². The molecular formula is C17H15N3O4. The van der Waals surface area contributed by atoms with Gasteiger partial charge in [-0.15, -0.1) is 0 Å². The van der Waals surface area contributed by atoms with Crippen LogP contribution in [-0.2, 0) is 11.3 Å². The highest BCUT2D eigenvalue weighted by molar-refractivity contribution is 5.94. The van der Waals surface area contributed by atoms with Gasteiger partial charge in [0.05, 0.1) is 12.5 Å². The number of nitrogens with one attached hydrogen (secondary N) is 1. The van der Waals surface area contributed by atoms with Crippen molar-refractivity contribution in [3.8, 4) is 11.5 Å². The summed E-state index contributed by atoms with van der Waals surface area (Å²) in [6.45, 7) is 0.593. The molecule has 1 N–H and O–H groups in total. The van der Waals surface area contributed by atoms with Crippen molar-refractivity contribution in [2.24, 2.45) is 0 Å². The second kappa shape index (κ2) is 6.11. The summed E-state index contributed by atoms with van der Waals surface area (Å²) >= 11 is 0. The highest BCUT2D eigenvalue weighted by atomic mass is 16.6. The number of hydrogen-bond donors (Lipinski definition) is 1. The molecule has 2 aromatic heterocycles. The quantitative estimate of drug-likeness (QED) is 0.796. The van der Waals surface area contributed by atoms with Gasteiger partial charge in [0.15, 0.2) is 11.5 Å². The number of amides is 1. The van der Waals surface area contributed by atoms with E-state index in [4.69, 9.17) is 13.9 Å². The van der Waals surface area contributed by atoms with E-state index in [0.29, 0.717) is 23.9 Å². The Kier molecular flexibility index (Phi) is 3.66. The zero-order valence-corrected chi connectivity index (χ0v) is 12.7. The molecule has 0 radical (unpaired) electrons. The average molecular weight is 325 g/mol. The third kappa shape index (κ3) is 2.83. The summed E-state index contributed by atoms with van der Waals surface area (Å²) in [5.74, 6) is 2.24. The standard InChI is InChI=1S/C17H15N3O4/c21-17(15-11-23-13-5-1-2-6-14(13)24-15)19-16-7-8-18-20(16)10-12-4-3-9-22-12/h1-9,15H,10-11H2,(H,19,21). The second-order valence-electron chi connectivity index (χ2n) is 5.31. The summed E-state index contributed by atoms with van der Waals surface area (Å²) in [6, 6.07) is 12.6. The Bertz CT molecular complexity index is 841. The normalized spacial score (nSPS) is 15.9. The van der Waals surface area contributed by atoms with Crippen molar-refractivity contribution in [2.75, 3.05) is 11.9 Å². The van der Waals surface area contributed by atoms with Crippen LogP contribution in [0.25, 0.3) is 0 Å². The molecule has 1 aliphatic rings. The Labute approximate surface area is 137 Å². The molecule has 0 bridgehead atoms. The molecule has 7 nitrogen and oxygen atoms in total. The Morgan fingerprint density at radius 3 is 2.92 bits per heavy atom. The van der Waals surface area contributed by atoms with Gasteiger partial charge in [-0.05, 0) is 24.3 Å². The van der Waals surface area contributed by atoms with Gasteiger partial charge in [-0.2, -0.15) is 5.10 Å². The number of hydrogen-bond acceptors (Lipinski definition) is 5. The molecule has 0 saturated carbocycles. The molecule has 3 heterocycles. The lowest BCUT2D eigenvalue weighted by Gasteiger charge is -2.25. The lowest BCUT2D eigenvalue weighted by molar-refractivity contribution is -0.125. The van der Waals surface area contributed by atoms with Crippen LogP contribution < -0.4 is 14.8 Å². The maximum absolute atomic E-state index is 12.4. The molecule has 0 fully saturated rings. The van der Waals surface area contributed by atoms with Crippen LogP contribution in [0.4, 0.5) is 5.82 Å². The largest absolute Gasteiger partial charge is 0.485 e. The van der Waals surface area contributed by atoms with Gasteiger partial charge in [-0.25, -0.2) is 4.68 Å². The molecule has 1 aromatic carbocycles. The third-order valence-electron chi connectivity index (χ3n) is 3.65. The van der Waals surface area contributed by atoms with Crippen molar-refractivity contribution in [1.82, 2.24) is 9.78 Å². The van der Waals surface area contributed by atoms with Crippen molar-refractivity contribution in [3.63, 3.8) is 0 Å². The van der Waals surface area contributed by atoms with Crippen molar-refractivity contribution in [3.05, 3.63) is 60.7 Å². The Hall–Kier alpha value is -3.22. The minimum atomic E-state index is -0.716. The molecule has 24 heavy (non-hydrogen) atoms. The lowest BCUT2D eigenvalue weighted by Crippen LogP contribution is -2.40. The highest BCUT2D eigenvalue weighted by Crippen LogP contribution is 2.31. The van der Waals surface area contributed by atoms with Crippen molar-refractivity contribution < 1.29 is 18.7 Å². The van der Waals surface area contributed by atoms with E-state index in [1.807, 2.05) is 30.3 Å². The molecule has 3 aromatic rings. The Morgan fingerprint density at radius 1 is 1.21 bits per heavy atom. The first-order valence-corrected chi connectivity index (χ1v) is 7.53. The third-order valence-corrected chi connectivity index (χ3v) is 3.65. The van der Waals surface area contributed by atoms with Gasteiger partial charge in [-0.3, -0.25) is 4.79 Å². The fraction of sp³-hybridized carbons (Fsp3) is 0.176. The van der Waals surface area contributed by atoms with Crippen LogP contribution in [-0.4, -0.2) is 28.4 Å². The van der Waals surface area contributed by atoms with Crippen molar-refractivity contribution in [1.29, 1.82) is 0 Å². The van der Waals surface area contributed by atoms with Crippen LogP contribution in [0.3, 0.4) is 0 Å². The van der Waals surface area contributed by atoms with Gasteiger partial charge in [-0.1, -0.05) is 12.1 Å². The van der Waals surface area contributed by atoms with Crippen LogP contribution in [0, 0.1) is 0 Å². The predicted octanol–water partition coefficient (Wildman–Crippen LogP) is 2.30. The van der Waals surface area contributed by atoms with Crippen LogP contribution in [0.5, 0.6) is 11.5 Å². The average Bonchev–Trinajstić information content (AvgIpc) is 3.27. The monoisotopic (exact) mass is 325 g/mol. The van der Waals surface area contributed by atoms with Crippen molar-refractivity contribution in [2.45, 2.75) is 12.6 Å². The summed E-state index contributed by atoms with van der Waals surface area (Å²) in [5.41, 5.74) is 0. The summed E-state index contributed by atoms with van der Waals surface area (Å²) in [5, 5.41) is 7.01. The maximum atomic E-state index is 12.4. The highest BCUT2D eigenvalue weighted by Gasteiger charge is 2.27. The van der Waals surface area contributed by atoms with E-state index in [2.05, 4.69) is 10.4 Å². The van der Waals surface area contributed by atoms with E-state index in [-0.39, 0.29) is 12.5 Å². The van der Waals surface area contributed by atoms with E-state index < -0.39 is 6.10 Å². The number of furan rings is 1. The second-order valence-corrected chi connectivity index (χ2v) is 5.31. The molecule has 1 atom stereocenters. The number of carbonyl (C=O) groups is 1. The number of para-hydroxylation sites is 2. The van der Waals surface area contributed by atoms with Crippen LogP contribution in [0.2, 0.25) is 0 Å². The number of fused-ring (bicyclic) bond motifs is 1. The Morgan fingerprint density at radius 2 is 2.08 bits per heavy atom. The van der Waals surface area contributed by atoms with Crippen LogP contribution in [0.1, 0.15) is 5.76 Å². The van der Waals surface area contributed by atoms with E-state index >= 15 is 0 Å². The molecule has 0 saturated heterocycles. The number of ether oxygens (including phenoxy) is 2. The van der Waals surface area contributed by atoms with E-state index in [0.717, 1.165) is 5.76 Å². The molecule has 7 heteroatoms. The molecule has 0 spiro atoms. The van der Waals surface area contributed by atoms with Gasteiger partial charge >= 0.3 is 0 Å². The van der Waals surface area contributed by atoms with Gasteiger partial charge in [0, 0.05) is 6.07 Å². The number of benzene rings is 1. The molecule has 1 unspecified atom stereocenters. The molecule has 1 amide bonds. The van der Waals surface area contributed by atoms with Gasteiger partial charge in [0.2, 0.25) is 6.10 Å². The fourth-order valence-electron chi connectivity index (χ4n) is 2.47. The summed E-state index contributed by atoms with van der Waals surface area (Å²) in [4.78, 5) is 12.4. The summed E-state index contributed by atoms with van der Waals surface area (Å²) in [6.07, 6.45) is 2.50. The number of nitrogens with zero attached hydrogens (tertiary/aromatic N) is 2. The van der Waals surface area contributed by atoms with Gasteiger partial charge in [0.1, 0.15) is 24.7 Å². The van der Waals surface area contributed by atoms with Crippen molar-refractivity contribution >= 4 is 11.7 Å². The smallest absolute Gasteiger partial charge is 0.270 e. The number of anilines is 1. The minimum absolute atomic E-state index is 0.162. The number of rotatable bonds is 4. The maximum Gasteiger partial charge on any atom is 0.270 e. The predicted molar refractivity (Wildman–Crippen MR) is 85.0 cm³/mol. The molecule has 0 aliphatic carbocycles. The topological polar surface area (TPSA) is 78.5 Å². The molecular weight excluding hydrogens is 310 g/mol. The van der Waals surface area contributed by atoms with Gasteiger partial charge in [0.25, 0.3) is 5.91 Å². The summed E-state index contributed by atoms with van der Waals surface area (Å²) < 4.78 is 18.2. The first-order chi connectivity index (χ1) is 11.8. The molecule has 1 aliphatic heterocycles. The molecule has 122 valence electrons. The first-order valence-electron chi connectivity index (χ1n) is 7.53. The van der Waals surface area contributed by atoms with Crippen LogP contribution in [0.15, 0.2) is 59.3 Å². The summed E-state index contributed by atoms with van der Waals surface area (Å²) in [7, 11) is 0.